The number of hydrogen-bond acceptors (Lipinski definition) is 4. The lowest BCUT2D eigenvalue weighted by atomic mass is 10.1. The maximum Gasteiger partial charge on any atom is 0.321 e. The van der Waals surface area contributed by atoms with Gasteiger partial charge < -0.3 is 10.3 Å². The number of carbonyl (C=O) groups excluding carboxylic acids is 2. The third kappa shape index (κ3) is 5.96. The molecule has 0 aliphatic carbocycles. The summed E-state index contributed by atoms with van der Waals surface area (Å²) in [5, 5.41) is 5.66. The molecule has 2 aromatic carbocycles. The Bertz CT molecular complexity index is 922. The van der Waals surface area contributed by atoms with Crippen molar-refractivity contribution in [3.8, 4) is 22.5 Å². The van der Waals surface area contributed by atoms with Gasteiger partial charge in [0.15, 0.2) is 5.16 Å². The first-order valence-electron chi connectivity index (χ1n) is 9.27. The summed E-state index contributed by atoms with van der Waals surface area (Å²) >= 11 is 1.25. The average Bonchev–Trinajstić information content (AvgIpc) is 3.10. The second kappa shape index (κ2) is 8.96. The van der Waals surface area contributed by atoms with Crippen LogP contribution in [0, 0.1) is 0 Å². The second-order valence-corrected chi connectivity index (χ2v) is 8.50. The maximum absolute atomic E-state index is 12.1. The Morgan fingerprint density at radius 3 is 2.14 bits per heavy atom. The molecule has 0 spiro atoms. The van der Waals surface area contributed by atoms with Crippen molar-refractivity contribution >= 4 is 23.7 Å². The van der Waals surface area contributed by atoms with Crippen LogP contribution in [0.1, 0.15) is 20.8 Å². The number of carbonyl (C=O) groups is 2. The first-order valence-corrected chi connectivity index (χ1v) is 10.3. The van der Waals surface area contributed by atoms with Crippen molar-refractivity contribution in [1.82, 2.24) is 20.6 Å². The van der Waals surface area contributed by atoms with E-state index in [1.807, 2.05) is 81.4 Å². The van der Waals surface area contributed by atoms with Gasteiger partial charge in [0, 0.05) is 16.7 Å². The van der Waals surface area contributed by atoms with Crippen LogP contribution in [0.3, 0.4) is 0 Å². The van der Waals surface area contributed by atoms with E-state index >= 15 is 0 Å². The fraction of sp³-hybridized carbons (Fsp3) is 0.227. The summed E-state index contributed by atoms with van der Waals surface area (Å²) in [5.74, 6) is -0.302. The van der Waals surface area contributed by atoms with E-state index in [0.717, 1.165) is 22.5 Å². The summed E-state index contributed by atoms with van der Waals surface area (Å²) in [5.41, 5.74) is 3.31. The molecule has 150 valence electrons. The lowest BCUT2D eigenvalue weighted by Gasteiger charge is -2.20. The third-order valence-corrected chi connectivity index (χ3v) is 4.75. The van der Waals surface area contributed by atoms with Crippen LogP contribution in [0.15, 0.2) is 65.8 Å². The monoisotopic (exact) mass is 408 g/mol. The number of nitrogens with one attached hydrogen (secondary N) is 3. The van der Waals surface area contributed by atoms with Gasteiger partial charge in [0.2, 0.25) is 5.91 Å². The summed E-state index contributed by atoms with van der Waals surface area (Å²) in [4.78, 5) is 32.0. The van der Waals surface area contributed by atoms with Crippen molar-refractivity contribution in [3.63, 3.8) is 0 Å². The number of H-pyrrole nitrogens is 1. The molecule has 0 bridgehead atoms. The molecule has 0 saturated carbocycles. The summed E-state index contributed by atoms with van der Waals surface area (Å²) in [7, 11) is 0. The molecule has 0 unspecified atom stereocenters. The number of thioether (sulfide) groups is 1. The smallest absolute Gasteiger partial charge is 0.321 e. The number of amides is 3. The molecule has 1 aromatic heterocycles. The zero-order chi connectivity index (χ0) is 20.9. The fourth-order valence-electron chi connectivity index (χ4n) is 2.71. The topological polar surface area (TPSA) is 86.9 Å². The molecular formula is C22H24N4O2S. The van der Waals surface area contributed by atoms with Gasteiger partial charge in [0.25, 0.3) is 0 Å². The normalized spacial score (nSPS) is 11.1. The summed E-state index contributed by atoms with van der Waals surface area (Å²) < 4.78 is 0. The third-order valence-electron chi connectivity index (χ3n) is 3.87. The van der Waals surface area contributed by atoms with E-state index in [4.69, 9.17) is 4.98 Å². The number of aromatic nitrogens is 2. The molecule has 29 heavy (non-hydrogen) atoms. The molecule has 0 fully saturated rings. The van der Waals surface area contributed by atoms with Crippen LogP contribution in [-0.2, 0) is 4.79 Å². The van der Waals surface area contributed by atoms with Gasteiger partial charge in [-0.3, -0.25) is 10.1 Å². The largest absolute Gasteiger partial charge is 0.333 e. The van der Waals surface area contributed by atoms with Gasteiger partial charge in [0.05, 0.1) is 17.1 Å². The lowest BCUT2D eigenvalue weighted by molar-refractivity contribution is -0.117. The number of rotatable bonds is 5. The van der Waals surface area contributed by atoms with Crippen molar-refractivity contribution in [1.29, 1.82) is 0 Å². The first kappa shape index (κ1) is 20.7. The zero-order valence-electron chi connectivity index (χ0n) is 16.7. The molecule has 3 rings (SSSR count). The maximum atomic E-state index is 12.1. The lowest BCUT2D eigenvalue weighted by Crippen LogP contribution is -2.48. The van der Waals surface area contributed by atoms with Gasteiger partial charge in [-0.25, -0.2) is 9.78 Å². The SMILES string of the molecule is CC(C)(C)NC(=O)NC(=O)CSc1nc(-c2ccccc2)c(-c2ccccc2)[nH]1. The van der Waals surface area contributed by atoms with E-state index in [-0.39, 0.29) is 11.7 Å². The number of urea groups is 1. The highest BCUT2D eigenvalue weighted by molar-refractivity contribution is 7.99. The van der Waals surface area contributed by atoms with E-state index in [1.54, 1.807) is 0 Å². The minimum Gasteiger partial charge on any atom is -0.333 e. The quantitative estimate of drug-likeness (QED) is 0.544. The molecule has 3 amide bonds. The molecule has 0 saturated heterocycles. The van der Waals surface area contributed by atoms with Gasteiger partial charge in [-0.05, 0) is 20.8 Å². The highest BCUT2D eigenvalue weighted by Gasteiger charge is 2.18. The van der Waals surface area contributed by atoms with E-state index in [1.165, 1.54) is 11.8 Å². The summed E-state index contributed by atoms with van der Waals surface area (Å²) in [6, 6.07) is 19.3. The molecule has 3 N–H and O–H groups in total. The van der Waals surface area contributed by atoms with Crippen molar-refractivity contribution in [3.05, 3.63) is 60.7 Å². The van der Waals surface area contributed by atoms with Gasteiger partial charge in [-0.2, -0.15) is 0 Å². The average molecular weight is 409 g/mol. The summed E-state index contributed by atoms with van der Waals surface area (Å²) in [6.07, 6.45) is 0. The number of imidazole rings is 1. The van der Waals surface area contributed by atoms with Crippen LogP contribution < -0.4 is 10.6 Å². The van der Waals surface area contributed by atoms with Crippen molar-refractivity contribution in [2.24, 2.45) is 0 Å². The number of hydrogen-bond donors (Lipinski definition) is 3. The Morgan fingerprint density at radius 1 is 0.966 bits per heavy atom. The van der Waals surface area contributed by atoms with Crippen LogP contribution >= 0.6 is 11.8 Å². The van der Waals surface area contributed by atoms with Crippen LogP contribution in [0.2, 0.25) is 0 Å². The number of aromatic amines is 1. The van der Waals surface area contributed by atoms with Crippen molar-refractivity contribution < 1.29 is 9.59 Å². The highest BCUT2D eigenvalue weighted by Crippen LogP contribution is 2.32. The predicted molar refractivity (Wildman–Crippen MR) is 117 cm³/mol. The molecule has 0 radical (unpaired) electrons. The predicted octanol–water partition coefficient (Wildman–Crippen LogP) is 4.46. The van der Waals surface area contributed by atoms with Crippen LogP contribution in [-0.4, -0.2) is 33.2 Å². The minimum absolute atomic E-state index is 0.0769. The molecule has 7 heteroatoms. The summed E-state index contributed by atoms with van der Waals surface area (Å²) in [6.45, 7) is 5.56. The van der Waals surface area contributed by atoms with Crippen molar-refractivity contribution in [2.75, 3.05) is 5.75 Å². The van der Waals surface area contributed by atoms with E-state index < -0.39 is 11.6 Å². The molecule has 6 nitrogen and oxygen atoms in total. The van der Waals surface area contributed by atoms with Gasteiger partial charge in [0.1, 0.15) is 0 Å². The minimum atomic E-state index is -0.502. The number of imide groups is 1. The van der Waals surface area contributed by atoms with Crippen LogP contribution in [0.4, 0.5) is 4.79 Å². The van der Waals surface area contributed by atoms with Gasteiger partial charge in [-0.15, -0.1) is 0 Å². The molecule has 0 atom stereocenters. The highest BCUT2D eigenvalue weighted by atomic mass is 32.2. The Kier molecular flexibility index (Phi) is 6.39. The Morgan fingerprint density at radius 2 is 1.55 bits per heavy atom. The Hall–Kier alpha value is -3.06. The Balaban J connectivity index is 1.74. The van der Waals surface area contributed by atoms with Crippen molar-refractivity contribution in [2.45, 2.75) is 31.5 Å². The first-order chi connectivity index (χ1) is 13.8. The van der Waals surface area contributed by atoms with E-state index in [9.17, 15) is 9.59 Å². The second-order valence-electron chi connectivity index (χ2n) is 7.54. The number of nitrogens with zero attached hydrogens (tertiary/aromatic N) is 1. The zero-order valence-corrected chi connectivity index (χ0v) is 17.5. The molecular weight excluding hydrogens is 384 g/mol. The molecule has 3 aromatic rings. The van der Waals surface area contributed by atoms with Gasteiger partial charge >= 0.3 is 6.03 Å². The number of benzene rings is 2. The standard InChI is InChI=1S/C22H24N4O2S/c1-22(2,3)26-20(28)23-17(27)14-29-21-24-18(15-10-6-4-7-11-15)19(25-21)16-12-8-5-9-13-16/h4-13H,14H2,1-3H3,(H,24,25)(H2,23,26,27,28). The van der Waals surface area contributed by atoms with E-state index in [2.05, 4.69) is 15.6 Å². The van der Waals surface area contributed by atoms with Crippen LogP contribution in [0.5, 0.6) is 0 Å². The molecule has 0 aliphatic heterocycles. The van der Waals surface area contributed by atoms with E-state index in [0.29, 0.717) is 5.16 Å². The molecule has 0 aliphatic rings. The fourth-order valence-corrected chi connectivity index (χ4v) is 3.38. The Labute approximate surface area is 174 Å². The van der Waals surface area contributed by atoms with Gasteiger partial charge in [-0.1, -0.05) is 72.4 Å². The molecule has 1 heterocycles. The van der Waals surface area contributed by atoms with Crippen LogP contribution in [0.25, 0.3) is 22.5 Å².